The molecule has 0 bridgehead atoms. The molecular weight excluding hydrogens is 288 g/mol. The molecule has 0 heterocycles. The second kappa shape index (κ2) is 4.89. The van der Waals surface area contributed by atoms with Crippen LogP contribution in [-0.2, 0) is 32.7 Å². The van der Waals surface area contributed by atoms with E-state index in [0.29, 0.717) is 0 Å². The summed E-state index contributed by atoms with van der Waals surface area (Å²) in [4.78, 5) is 0. The van der Waals surface area contributed by atoms with Crippen molar-refractivity contribution in [2.75, 3.05) is 0 Å². The molecule has 0 amide bonds. The first-order chi connectivity index (χ1) is 3.39. The van der Waals surface area contributed by atoms with Crippen LogP contribution in [0.25, 0.3) is 0 Å². The Morgan fingerprint density at radius 3 is 2.50 bits per heavy atom. The van der Waals surface area contributed by atoms with Gasteiger partial charge in [-0.05, 0) is 0 Å². The van der Waals surface area contributed by atoms with Crippen LogP contribution in [0.1, 0.15) is 0 Å². The summed E-state index contributed by atoms with van der Waals surface area (Å²) < 4.78 is 1.24. The van der Waals surface area contributed by atoms with Crippen molar-refractivity contribution in [1.29, 1.82) is 0 Å². The average Bonchev–Trinajstić information content (AvgIpc) is 1.69. The second-order valence-electron chi connectivity index (χ2n) is 1.22. The summed E-state index contributed by atoms with van der Waals surface area (Å²) in [7, 11) is 0. The van der Waals surface area contributed by atoms with Gasteiger partial charge in [-0.1, -0.05) is 3.57 Å². The van der Waals surface area contributed by atoms with Crippen LogP contribution in [0.5, 0.6) is 0 Å². The molecule has 0 N–H and O–H groups in total. The Morgan fingerprint density at radius 2 is 2.25 bits per heavy atom. The van der Waals surface area contributed by atoms with Crippen molar-refractivity contribution < 1.29 is 32.7 Å². The largest absolute Gasteiger partial charge is 0.183 e. The van der Waals surface area contributed by atoms with Gasteiger partial charge in [0.15, 0.2) is 0 Å². The van der Waals surface area contributed by atoms with E-state index in [9.17, 15) is 0 Å². The number of rotatable bonds is 0. The van der Waals surface area contributed by atoms with Crippen LogP contribution in [0.3, 0.4) is 0 Å². The standard InChI is InChI=1S/C6H4I.Y/c7-6-4-2-1-3-5-6;/h1-2,4-5H;/q-1;. The van der Waals surface area contributed by atoms with Gasteiger partial charge in [0.05, 0.1) is 0 Å². The van der Waals surface area contributed by atoms with Crippen molar-refractivity contribution in [3.05, 3.63) is 33.9 Å². The number of hydrogen-bond donors (Lipinski definition) is 0. The first kappa shape index (κ1) is 9.05. The Morgan fingerprint density at radius 1 is 1.50 bits per heavy atom. The topological polar surface area (TPSA) is 0 Å². The van der Waals surface area contributed by atoms with Crippen molar-refractivity contribution in [1.82, 2.24) is 0 Å². The summed E-state index contributed by atoms with van der Waals surface area (Å²) in [6, 6.07) is 10.8. The normalized spacial score (nSPS) is 7.62. The Bertz CT molecular complexity index is 138. The van der Waals surface area contributed by atoms with E-state index in [1.165, 1.54) is 3.57 Å². The summed E-state index contributed by atoms with van der Waals surface area (Å²) >= 11 is 2.25. The molecule has 0 spiro atoms. The third kappa shape index (κ3) is 3.15. The summed E-state index contributed by atoms with van der Waals surface area (Å²) in [6.45, 7) is 0. The number of hydrogen-bond acceptors (Lipinski definition) is 0. The molecule has 0 aromatic heterocycles. The molecule has 1 rings (SSSR count). The predicted octanol–water partition coefficient (Wildman–Crippen LogP) is 2.09. The van der Waals surface area contributed by atoms with Gasteiger partial charge in [0.2, 0.25) is 0 Å². The molecule has 0 unspecified atom stereocenters. The molecule has 0 nitrogen and oxygen atoms in total. The molecule has 1 aromatic carbocycles. The molecule has 0 fully saturated rings. The fraction of sp³-hybridized carbons (Fsp3) is 0. The van der Waals surface area contributed by atoms with E-state index in [1.807, 2.05) is 24.3 Å². The van der Waals surface area contributed by atoms with E-state index in [-0.39, 0.29) is 32.7 Å². The van der Waals surface area contributed by atoms with Gasteiger partial charge in [0.25, 0.3) is 0 Å². The maximum Gasteiger partial charge on any atom is 0 e. The number of benzene rings is 1. The predicted molar refractivity (Wildman–Crippen MR) is 38.0 cm³/mol. The zero-order chi connectivity index (χ0) is 5.11. The van der Waals surface area contributed by atoms with E-state index in [2.05, 4.69) is 28.7 Å². The molecule has 0 aliphatic carbocycles. The fourth-order valence-electron chi connectivity index (χ4n) is 0.371. The first-order valence-electron chi connectivity index (χ1n) is 2.01. The van der Waals surface area contributed by atoms with Gasteiger partial charge in [-0.15, -0.1) is 22.6 Å². The van der Waals surface area contributed by atoms with Gasteiger partial charge in [0.1, 0.15) is 0 Å². The van der Waals surface area contributed by atoms with Crippen LogP contribution in [0.2, 0.25) is 0 Å². The third-order valence-corrected chi connectivity index (χ3v) is 1.34. The van der Waals surface area contributed by atoms with Crippen molar-refractivity contribution in [3.63, 3.8) is 0 Å². The minimum atomic E-state index is 0. The zero-order valence-electron chi connectivity index (χ0n) is 4.26. The van der Waals surface area contributed by atoms with Crippen LogP contribution in [0.15, 0.2) is 24.3 Å². The van der Waals surface area contributed by atoms with Gasteiger partial charge in [-0.25, -0.2) is 0 Å². The zero-order valence-corrected chi connectivity index (χ0v) is 9.26. The molecule has 0 saturated carbocycles. The molecule has 1 aromatic rings. The van der Waals surface area contributed by atoms with E-state index in [1.54, 1.807) is 0 Å². The van der Waals surface area contributed by atoms with Gasteiger partial charge < -0.3 is 0 Å². The summed E-state index contributed by atoms with van der Waals surface area (Å²) in [6.07, 6.45) is 0. The van der Waals surface area contributed by atoms with Crippen molar-refractivity contribution >= 4 is 22.6 Å². The van der Waals surface area contributed by atoms with E-state index in [4.69, 9.17) is 0 Å². The SMILES string of the molecule is Ic1c[c-]ccc1.[Y]. The van der Waals surface area contributed by atoms with Gasteiger partial charge in [0, 0.05) is 32.7 Å². The molecule has 8 heavy (non-hydrogen) atoms. The third-order valence-electron chi connectivity index (χ3n) is 0.669. The molecule has 1 radical (unpaired) electrons. The maximum atomic E-state index is 2.95. The molecule has 39 valence electrons. The summed E-state index contributed by atoms with van der Waals surface area (Å²) in [5, 5.41) is 0. The van der Waals surface area contributed by atoms with Gasteiger partial charge in [-0.3, -0.25) is 0 Å². The summed E-state index contributed by atoms with van der Waals surface area (Å²) in [5.74, 6) is 0. The van der Waals surface area contributed by atoms with Crippen molar-refractivity contribution in [2.24, 2.45) is 0 Å². The van der Waals surface area contributed by atoms with Crippen LogP contribution in [0.4, 0.5) is 0 Å². The van der Waals surface area contributed by atoms with Crippen molar-refractivity contribution in [3.8, 4) is 0 Å². The monoisotopic (exact) mass is 292 g/mol. The van der Waals surface area contributed by atoms with Gasteiger partial charge >= 0.3 is 0 Å². The quantitative estimate of drug-likeness (QED) is 0.507. The Balaban J connectivity index is 0.000000490. The Labute approximate surface area is 88.1 Å². The minimum absolute atomic E-state index is 0. The van der Waals surface area contributed by atoms with Crippen LogP contribution in [-0.4, -0.2) is 0 Å². The second-order valence-corrected chi connectivity index (χ2v) is 2.47. The van der Waals surface area contributed by atoms with E-state index >= 15 is 0 Å². The van der Waals surface area contributed by atoms with Crippen LogP contribution >= 0.6 is 22.6 Å². The molecule has 0 saturated heterocycles. The average molecular weight is 292 g/mol. The molecule has 0 atom stereocenters. The molecule has 0 aliphatic rings. The van der Waals surface area contributed by atoms with E-state index < -0.39 is 0 Å². The number of halogens is 1. The van der Waals surface area contributed by atoms with Crippen LogP contribution in [0, 0.1) is 9.64 Å². The molecular formula is C6H4IY-. The fourth-order valence-corrected chi connectivity index (χ4v) is 0.759. The smallest absolute Gasteiger partial charge is 0 e. The summed E-state index contributed by atoms with van der Waals surface area (Å²) in [5.41, 5.74) is 0. The minimum Gasteiger partial charge on any atom is -0.183 e. The van der Waals surface area contributed by atoms with E-state index in [0.717, 1.165) is 0 Å². The van der Waals surface area contributed by atoms with Crippen molar-refractivity contribution in [2.45, 2.75) is 0 Å². The molecule has 2 heteroatoms. The Kier molecular flexibility index (Phi) is 5.53. The van der Waals surface area contributed by atoms with Crippen LogP contribution < -0.4 is 0 Å². The van der Waals surface area contributed by atoms with Gasteiger partial charge in [-0.2, -0.15) is 30.3 Å². The molecule has 0 aliphatic heterocycles. The first-order valence-corrected chi connectivity index (χ1v) is 3.09. The maximum absolute atomic E-state index is 2.95. The Hall–Kier alpha value is 1.05.